The van der Waals surface area contributed by atoms with Crippen molar-refractivity contribution in [2.45, 2.75) is 6.92 Å². The highest BCUT2D eigenvalue weighted by Crippen LogP contribution is 2.34. The van der Waals surface area contributed by atoms with Gasteiger partial charge in [0.25, 0.3) is 0 Å². The van der Waals surface area contributed by atoms with Crippen molar-refractivity contribution in [3.05, 3.63) is 47.5 Å². The number of hydrogen-bond donors (Lipinski definition) is 1. The van der Waals surface area contributed by atoms with Crippen molar-refractivity contribution < 1.29 is 4.57 Å². The number of nitrogens with zero attached hydrogens (tertiary/aromatic N) is 2. The second-order valence-corrected chi connectivity index (χ2v) is 5.55. The summed E-state index contributed by atoms with van der Waals surface area (Å²) in [6.45, 7) is 2.10. The number of aromatic nitrogens is 3. The molecule has 0 saturated carbocycles. The lowest BCUT2D eigenvalue weighted by Gasteiger charge is -2.05. The fourth-order valence-corrected chi connectivity index (χ4v) is 3.08. The minimum Gasteiger partial charge on any atom is -0.352 e. The molecule has 0 aliphatic carbocycles. The minimum absolute atomic E-state index is 0.669. The highest BCUT2D eigenvalue weighted by Gasteiger charge is 2.14. The normalized spacial score (nSPS) is 11.8. The van der Waals surface area contributed by atoms with Crippen LogP contribution < -0.4 is 4.57 Å². The number of halogens is 1. The average Bonchev–Trinajstić information content (AvgIpc) is 2.79. The number of rotatable bonds is 0. The molecule has 3 nitrogen and oxygen atoms in total. The Hall–Kier alpha value is -2.13. The van der Waals surface area contributed by atoms with Crippen LogP contribution in [0.5, 0.6) is 0 Å². The van der Waals surface area contributed by atoms with E-state index < -0.39 is 0 Å². The minimum atomic E-state index is 0.669. The number of fused-ring (bicyclic) bond motifs is 4. The Morgan fingerprint density at radius 2 is 2.00 bits per heavy atom. The van der Waals surface area contributed by atoms with Crippen LogP contribution in [0.2, 0.25) is 5.15 Å². The Morgan fingerprint density at radius 1 is 1.15 bits per heavy atom. The second kappa shape index (κ2) is 3.93. The van der Waals surface area contributed by atoms with Crippen LogP contribution in [0.1, 0.15) is 5.56 Å². The molecule has 4 rings (SSSR count). The SMILES string of the molecule is Cc1c2cc[nH]c(Cl)c2cc2c1nc1cc[n+](C)cc12. The first kappa shape index (κ1) is 11.7. The van der Waals surface area contributed by atoms with Crippen LogP contribution in [0.15, 0.2) is 36.8 Å². The van der Waals surface area contributed by atoms with E-state index in [2.05, 4.69) is 30.2 Å². The first-order valence-corrected chi connectivity index (χ1v) is 6.88. The summed E-state index contributed by atoms with van der Waals surface area (Å²) >= 11 is 6.30. The first-order chi connectivity index (χ1) is 9.65. The zero-order valence-corrected chi connectivity index (χ0v) is 12.0. The Morgan fingerprint density at radius 3 is 2.85 bits per heavy atom. The van der Waals surface area contributed by atoms with Gasteiger partial charge in [-0.15, -0.1) is 0 Å². The number of pyridine rings is 2. The number of aryl methyl sites for hydroxylation is 2. The van der Waals surface area contributed by atoms with Crippen LogP contribution in [-0.2, 0) is 7.05 Å². The van der Waals surface area contributed by atoms with Gasteiger partial charge in [0.2, 0.25) is 0 Å². The van der Waals surface area contributed by atoms with Gasteiger partial charge < -0.3 is 4.98 Å². The summed E-state index contributed by atoms with van der Waals surface area (Å²) in [6.07, 6.45) is 5.99. The quantitative estimate of drug-likeness (QED) is 0.387. The molecular formula is C16H13ClN3+. The van der Waals surface area contributed by atoms with E-state index >= 15 is 0 Å². The number of H-pyrrole nitrogens is 1. The Kier molecular flexibility index (Phi) is 2.30. The molecule has 20 heavy (non-hydrogen) atoms. The first-order valence-electron chi connectivity index (χ1n) is 6.50. The lowest BCUT2D eigenvalue weighted by Crippen LogP contribution is -2.25. The maximum atomic E-state index is 6.30. The number of nitrogens with one attached hydrogen (secondary N) is 1. The smallest absolute Gasteiger partial charge is 0.178 e. The summed E-state index contributed by atoms with van der Waals surface area (Å²) in [5.41, 5.74) is 3.25. The summed E-state index contributed by atoms with van der Waals surface area (Å²) in [5, 5.41) is 5.17. The number of hydrogen-bond acceptors (Lipinski definition) is 1. The van der Waals surface area contributed by atoms with Crippen molar-refractivity contribution in [3.63, 3.8) is 0 Å². The summed E-state index contributed by atoms with van der Waals surface area (Å²) in [6, 6.07) is 6.23. The third kappa shape index (κ3) is 1.47. The highest BCUT2D eigenvalue weighted by atomic mass is 35.5. The monoisotopic (exact) mass is 282 g/mol. The van der Waals surface area contributed by atoms with Crippen LogP contribution in [0.3, 0.4) is 0 Å². The standard InChI is InChI=1S/C16H12ClN3/c1-9-10-3-5-18-16(17)12(10)7-11-13-8-20(2)6-4-14(13)19-15(9)11/h3-8H,1-2H3/p+1. The Labute approximate surface area is 120 Å². The van der Waals surface area contributed by atoms with Gasteiger partial charge >= 0.3 is 0 Å². The van der Waals surface area contributed by atoms with Gasteiger partial charge in [-0.05, 0) is 30.0 Å². The molecule has 0 saturated heterocycles. The van der Waals surface area contributed by atoms with E-state index in [1.54, 1.807) is 0 Å². The van der Waals surface area contributed by atoms with Gasteiger partial charge in [-0.25, -0.2) is 9.55 Å². The van der Waals surface area contributed by atoms with E-state index in [0.29, 0.717) is 5.15 Å². The molecule has 98 valence electrons. The molecule has 0 radical (unpaired) electrons. The van der Waals surface area contributed by atoms with Gasteiger partial charge in [-0.3, -0.25) is 0 Å². The number of aromatic amines is 1. The lowest BCUT2D eigenvalue weighted by atomic mass is 10.0. The van der Waals surface area contributed by atoms with E-state index in [-0.39, 0.29) is 0 Å². The van der Waals surface area contributed by atoms with E-state index in [1.165, 1.54) is 5.56 Å². The van der Waals surface area contributed by atoms with Gasteiger partial charge in [-0.1, -0.05) is 11.6 Å². The molecule has 0 aliphatic heterocycles. The molecule has 1 N–H and O–H groups in total. The zero-order chi connectivity index (χ0) is 13.9. The van der Waals surface area contributed by atoms with Crippen LogP contribution in [0.25, 0.3) is 32.6 Å². The molecule has 0 unspecified atom stereocenters. The topological polar surface area (TPSA) is 32.6 Å². The van der Waals surface area contributed by atoms with E-state index in [1.807, 2.05) is 30.1 Å². The van der Waals surface area contributed by atoms with Crippen molar-refractivity contribution in [3.8, 4) is 0 Å². The average molecular weight is 283 g/mol. The van der Waals surface area contributed by atoms with E-state index in [9.17, 15) is 0 Å². The third-order valence-electron chi connectivity index (χ3n) is 3.89. The summed E-state index contributed by atoms with van der Waals surface area (Å²) in [7, 11) is 2.02. The summed E-state index contributed by atoms with van der Waals surface area (Å²) in [5.74, 6) is 0. The Bertz CT molecular complexity index is 985. The van der Waals surface area contributed by atoms with Crippen LogP contribution in [0, 0.1) is 6.92 Å². The molecule has 0 aliphatic rings. The van der Waals surface area contributed by atoms with Crippen molar-refractivity contribution in [1.29, 1.82) is 0 Å². The summed E-state index contributed by atoms with van der Waals surface area (Å²) < 4.78 is 2.04. The van der Waals surface area contributed by atoms with Crippen molar-refractivity contribution in [2.75, 3.05) is 0 Å². The van der Waals surface area contributed by atoms with Gasteiger partial charge in [0.15, 0.2) is 12.4 Å². The van der Waals surface area contributed by atoms with Crippen molar-refractivity contribution in [1.82, 2.24) is 9.97 Å². The predicted octanol–water partition coefficient (Wildman–Crippen LogP) is 3.66. The van der Waals surface area contributed by atoms with Crippen LogP contribution in [-0.4, -0.2) is 9.97 Å². The molecule has 0 amide bonds. The molecule has 0 atom stereocenters. The van der Waals surface area contributed by atoms with Crippen molar-refractivity contribution >= 4 is 44.2 Å². The maximum Gasteiger partial charge on any atom is 0.178 e. The van der Waals surface area contributed by atoms with Gasteiger partial charge in [0, 0.05) is 23.0 Å². The highest BCUT2D eigenvalue weighted by molar-refractivity contribution is 6.35. The van der Waals surface area contributed by atoms with Gasteiger partial charge in [-0.2, -0.15) is 0 Å². The van der Waals surface area contributed by atoms with E-state index in [4.69, 9.17) is 16.6 Å². The molecular weight excluding hydrogens is 270 g/mol. The molecule has 3 heterocycles. The van der Waals surface area contributed by atoms with Crippen LogP contribution >= 0.6 is 11.6 Å². The third-order valence-corrected chi connectivity index (χ3v) is 4.20. The Balaban J connectivity index is 2.31. The molecule has 0 bridgehead atoms. The molecule has 1 aromatic carbocycles. The fraction of sp³-hybridized carbons (Fsp3) is 0.125. The second-order valence-electron chi connectivity index (χ2n) is 5.17. The largest absolute Gasteiger partial charge is 0.352 e. The van der Waals surface area contributed by atoms with Crippen LogP contribution in [0.4, 0.5) is 0 Å². The van der Waals surface area contributed by atoms with Gasteiger partial charge in [0.1, 0.15) is 12.2 Å². The fourth-order valence-electron chi connectivity index (χ4n) is 2.86. The zero-order valence-electron chi connectivity index (χ0n) is 11.2. The molecule has 4 heteroatoms. The molecule has 3 aromatic heterocycles. The molecule has 0 spiro atoms. The number of benzene rings is 1. The molecule has 0 fully saturated rings. The lowest BCUT2D eigenvalue weighted by molar-refractivity contribution is -0.670. The predicted molar refractivity (Wildman–Crippen MR) is 82.0 cm³/mol. The summed E-state index contributed by atoms with van der Waals surface area (Å²) in [4.78, 5) is 7.83. The van der Waals surface area contributed by atoms with Gasteiger partial charge in [0.05, 0.1) is 16.4 Å². The molecule has 4 aromatic rings. The van der Waals surface area contributed by atoms with Crippen molar-refractivity contribution in [2.24, 2.45) is 7.05 Å². The van der Waals surface area contributed by atoms with E-state index in [0.717, 1.165) is 32.6 Å². The maximum absolute atomic E-state index is 6.30.